The Morgan fingerprint density at radius 1 is 1.47 bits per heavy atom. The number of hydrogen-bond acceptors (Lipinski definition) is 3. The van der Waals surface area contributed by atoms with Crippen molar-refractivity contribution in [2.45, 2.75) is 6.54 Å². The van der Waals surface area contributed by atoms with Gasteiger partial charge in [0.25, 0.3) is 0 Å². The van der Waals surface area contributed by atoms with Crippen LogP contribution in [0.4, 0.5) is 4.39 Å². The molecule has 0 saturated carbocycles. The molecule has 0 fully saturated rings. The second-order valence-electron chi connectivity index (χ2n) is 2.97. The number of aromatic nitrogens is 1. The Hall–Kier alpha value is -0.780. The molecule has 0 amide bonds. The molecule has 0 unspecified atom stereocenters. The topological polar surface area (TPSA) is 38.9 Å². The summed E-state index contributed by atoms with van der Waals surface area (Å²) in [6.07, 6.45) is 0. The molecule has 1 aromatic heterocycles. The molecule has 15 heavy (non-hydrogen) atoms. The van der Waals surface area contributed by atoms with E-state index in [1.54, 1.807) is 6.07 Å². The van der Waals surface area contributed by atoms with Gasteiger partial charge in [0.1, 0.15) is 10.8 Å². The third-order valence-corrected chi connectivity index (χ3v) is 3.54. The Morgan fingerprint density at radius 3 is 2.93 bits per heavy atom. The van der Waals surface area contributed by atoms with Crippen molar-refractivity contribution in [2.24, 2.45) is 5.73 Å². The van der Waals surface area contributed by atoms with Crippen LogP contribution in [0.1, 0.15) is 5.69 Å². The van der Waals surface area contributed by atoms with Gasteiger partial charge in [0.2, 0.25) is 0 Å². The lowest BCUT2D eigenvalue weighted by atomic mass is 10.2. The van der Waals surface area contributed by atoms with E-state index in [4.69, 9.17) is 5.73 Å². The second kappa shape index (κ2) is 4.38. The van der Waals surface area contributed by atoms with E-state index in [0.29, 0.717) is 6.54 Å². The lowest BCUT2D eigenvalue weighted by Gasteiger charge is -2.00. The number of thiazole rings is 1. The van der Waals surface area contributed by atoms with Crippen LogP contribution in [0.15, 0.2) is 28.1 Å². The molecule has 0 aliphatic heterocycles. The van der Waals surface area contributed by atoms with E-state index in [2.05, 4.69) is 20.9 Å². The molecule has 0 radical (unpaired) electrons. The predicted molar refractivity (Wildman–Crippen MR) is 63.1 cm³/mol. The summed E-state index contributed by atoms with van der Waals surface area (Å²) >= 11 is 4.83. The first-order valence-corrected chi connectivity index (χ1v) is 5.98. The minimum Gasteiger partial charge on any atom is -0.325 e. The lowest BCUT2D eigenvalue weighted by Crippen LogP contribution is -1.95. The summed E-state index contributed by atoms with van der Waals surface area (Å²) in [5.74, 6) is -0.266. The highest BCUT2D eigenvalue weighted by molar-refractivity contribution is 9.10. The fourth-order valence-electron chi connectivity index (χ4n) is 1.19. The first kappa shape index (κ1) is 10.7. The lowest BCUT2D eigenvalue weighted by molar-refractivity contribution is 0.628. The molecule has 78 valence electrons. The van der Waals surface area contributed by atoms with Crippen LogP contribution in [-0.2, 0) is 6.54 Å². The van der Waals surface area contributed by atoms with Crippen LogP contribution in [0.25, 0.3) is 10.6 Å². The second-order valence-corrected chi connectivity index (χ2v) is 4.68. The number of rotatable bonds is 2. The molecule has 2 N–H and O–H groups in total. The van der Waals surface area contributed by atoms with E-state index in [9.17, 15) is 4.39 Å². The fourth-order valence-corrected chi connectivity index (χ4v) is 2.61. The summed E-state index contributed by atoms with van der Waals surface area (Å²) in [6, 6.07) is 4.54. The van der Waals surface area contributed by atoms with Gasteiger partial charge in [-0.15, -0.1) is 11.3 Å². The zero-order valence-corrected chi connectivity index (χ0v) is 10.1. The maximum Gasteiger partial charge on any atom is 0.124 e. The number of halogens is 2. The zero-order valence-electron chi connectivity index (χ0n) is 7.71. The first-order chi connectivity index (χ1) is 7.20. The molecule has 1 heterocycles. The summed E-state index contributed by atoms with van der Waals surface area (Å²) in [5.41, 5.74) is 7.06. The molecule has 0 atom stereocenters. The first-order valence-electron chi connectivity index (χ1n) is 4.30. The van der Waals surface area contributed by atoms with Gasteiger partial charge in [0.05, 0.1) is 5.69 Å². The van der Waals surface area contributed by atoms with Crippen molar-refractivity contribution >= 4 is 27.3 Å². The van der Waals surface area contributed by atoms with Gasteiger partial charge in [-0.05, 0) is 18.2 Å². The van der Waals surface area contributed by atoms with Gasteiger partial charge in [-0.2, -0.15) is 0 Å². The van der Waals surface area contributed by atoms with Crippen molar-refractivity contribution in [3.63, 3.8) is 0 Å². The smallest absolute Gasteiger partial charge is 0.124 e. The maximum atomic E-state index is 13.1. The Labute approximate surface area is 99.1 Å². The molecule has 5 heteroatoms. The van der Waals surface area contributed by atoms with Crippen LogP contribution < -0.4 is 5.73 Å². The summed E-state index contributed by atoms with van der Waals surface area (Å²) < 4.78 is 13.9. The average molecular weight is 287 g/mol. The molecule has 0 aliphatic carbocycles. The number of nitrogens with zero attached hydrogens (tertiary/aromatic N) is 1. The Balaban J connectivity index is 2.48. The molecule has 2 aromatic rings. The average Bonchev–Trinajstić information content (AvgIpc) is 2.70. The SMILES string of the molecule is NCc1csc(-c2cc(F)ccc2Br)n1. The third-order valence-electron chi connectivity index (χ3n) is 1.92. The van der Waals surface area contributed by atoms with Crippen LogP contribution in [0, 0.1) is 5.82 Å². The zero-order chi connectivity index (χ0) is 10.8. The minimum absolute atomic E-state index is 0.266. The maximum absolute atomic E-state index is 13.1. The summed E-state index contributed by atoms with van der Waals surface area (Å²) in [7, 11) is 0. The van der Waals surface area contributed by atoms with Crippen molar-refractivity contribution in [3.05, 3.63) is 39.6 Å². The van der Waals surface area contributed by atoms with Gasteiger partial charge in [-0.3, -0.25) is 0 Å². The normalized spacial score (nSPS) is 10.6. The van der Waals surface area contributed by atoms with E-state index in [1.807, 2.05) is 5.38 Å². The van der Waals surface area contributed by atoms with E-state index in [-0.39, 0.29) is 5.82 Å². The van der Waals surface area contributed by atoms with Crippen molar-refractivity contribution in [2.75, 3.05) is 0 Å². The van der Waals surface area contributed by atoms with Crippen molar-refractivity contribution < 1.29 is 4.39 Å². The van der Waals surface area contributed by atoms with Gasteiger partial charge in [0.15, 0.2) is 0 Å². The van der Waals surface area contributed by atoms with Crippen LogP contribution in [0.3, 0.4) is 0 Å². The van der Waals surface area contributed by atoms with Crippen LogP contribution in [0.2, 0.25) is 0 Å². The van der Waals surface area contributed by atoms with E-state index in [1.165, 1.54) is 23.5 Å². The monoisotopic (exact) mass is 286 g/mol. The fraction of sp³-hybridized carbons (Fsp3) is 0.100. The Bertz CT molecular complexity index is 484. The molecule has 1 aromatic carbocycles. The molecular weight excluding hydrogens is 279 g/mol. The summed E-state index contributed by atoms with van der Waals surface area (Å²) in [4.78, 5) is 4.30. The van der Waals surface area contributed by atoms with Crippen molar-refractivity contribution in [3.8, 4) is 10.6 Å². The van der Waals surface area contributed by atoms with Crippen LogP contribution in [-0.4, -0.2) is 4.98 Å². The number of benzene rings is 1. The van der Waals surface area contributed by atoms with Crippen LogP contribution in [0.5, 0.6) is 0 Å². The highest BCUT2D eigenvalue weighted by Gasteiger charge is 2.08. The van der Waals surface area contributed by atoms with E-state index in [0.717, 1.165) is 20.7 Å². The Morgan fingerprint density at radius 2 is 2.27 bits per heavy atom. The van der Waals surface area contributed by atoms with Gasteiger partial charge < -0.3 is 5.73 Å². The Kier molecular flexibility index (Phi) is 3.14. The number of hydrogen-bond donors (Lipinski definition) is 1. The molecule has 0 aliphatic rings. The van der Waals surface area contributed by atoms with Crippen molar-refractivity contribution in [1.29, 1.82) is 0 Å². The van der Waals surface area contributed by atoms with Gasteiger partial charge in [0, 0.05) is 22.0 Å². The molecule has 0 spiro atoms. The van der Waals surface area contributed by atoms with Gasteiger partial charge in [-0.1, -0.05) is 15.9 Å². The molecule has 0 saturated heterocycles. The van der Waals surface area contributed by atoms with E-state index < -0.39 is 0 Å². The quantitative estimate of drug-likeness (QED) is 0.921. The largest absolute Gasteiger partial charge is 0.325 e. The summed E-state index contributed by atoms with van der Waals surface area (Å²) in [6.45, 7) is 0.406. The van der Waals surface area contributed by atoms with Gasteiger partial charge in [-0.25, -0.2) is 9.37 Å². The minimum atomic E-state index is -0.266. The predicted octanol–water partition coefficient (Wildman–Crippen LogP) is 3.17. The highest BCUT2D eigenvalue weighted by atomic mass is 79.9. The standard InChI is InChI=1S/C10H8BrFN2S/c11-9-2-1-6(12)3-8(9)10-14-7(4-13)5-15-10/h1-3,5H,4,13H2. The van der Waals surface area contributed by atoms with Gasteiger partial charge >= 0.3 is 0 Å². The van der Waals surface area contributed by atoms with Crippen LogP contribution >= 0.6 is 27.3 Å². The molecular formula is C10H8BrFN2S. The molecule has 2 rings (SSSR count). The molecule has 2 nitrogen and oxygen atoms in total. The highest BCUT2D eigenvalue weighted by Crippen LogP contribution is 2.31. The summed E-state index contributed by atoms with van der Waals surface area (Å²) in [5, 5.41) is 2.66. The van der Waals surface area contributed by atoms with Crippen molar-refractivity contribution in [1.82, 2.24) is 4.98 Å². The molecule has 0 bridgehead atoms. The van der Waals surface area contributed by atoms with E-state index >= 15 is 0 Å². The third kappa shape index (κ3) is 2.25. The number of nitrogens with two attached hydrogens (primary N) is 1.